The first-order valence-electron chi connectivity index (χ1n) is 8.16. The number of rotatable bonds is 9. The van der Waals surface area contributed by atoms with Crippen LogP contribution in [0, 0.1) is 0 Å². The van der Waals surface area contributed by atoms with E-state index in [1.165, 1.54) is 0 Å². The third kappa shape index (κ3) is 5.35. The number of amides is 1. The molecule has 132 valence electrons. The average Bonchev–Trinajstić information content (AvgIpc) is 2.95. The van der Waals surface area contributed by atoms with Crippen LogP contribution in [0.1, 0.15) is 32.4 Å². The molecule has 0 aliphatic carbocycles. The van der Waals surface area contributed by atoms with Crippen molar-refractivity contribution in [3.05, 3.63) is 36.1 Å². The van der Waals surface area contributed by atoms with Crippen LogP contribution in [0.5, 0.6) is 0 Å². The Bertz CT molecular complexity index is 750. The van der Waals surface area contributed by atoms with Gasteiger partial charge in [-0.3, -0.25) is 4.79 Å². The summed E-state index contributed by atoms with van der Waals surface area (Å²) in [4.78, 5) is 12.0. The number of benzene rings is 1. The van der Waals surface area contributed by atoms with Crippen LogP contribution in [0.15, 0.2) is 34.7 Å². The first-order chi connectivity index (χ1) is 11.4. The van der Waals surface area contributed by atoms with E-state index in [4.69, 9.17) is 4.42 Å². The fraction of sp³-hybridized carbons (Fsp3) is 0.471. The summed E-state index contributed by atoms with van der Waals surface area (Å²) < 4.78 is 31.7. The minimum absolute atomic E-state index is 0.0418. The Balaban J connectivity index is 1.79. The predicted octanol–water partition coefficient (Wildman–Crippen LogP) is 2.20. The fourth-order valence-corrected chi connectivity index (χ4v) is 3.77. The second kappa shape index (κ2) is 8.30. The van der Waals surface area contributed by atoms with Crippen LogP contribution >= 0.6 is 0 Å². The molecule has 0 unspecified atom stereocenters. The van der Waals surface area contributed by atoms with E-state index in [2.05, 4.69) is 10.0 Å². The molecule has 1 aromatic heterocycles. The summed E-state index contributed by atoms with van der Waals surface area (Å²) in [5.41, 5.74) is 0.816. The van der Waals surface area contributed by atoms with E-state index in [-0.39, 0.29) is 11.7 Å². The van der Waals surface area contributed by atoms with Gasteiger partial charge in [-0.2, -0.15) is 0 Å². The Morgan fingerprint density at radius 1 is 1.29 bits per heavy atom. The highest BCUT2D eigenvalue weighted by molar-refractivity contribution is 7.89. The fourth-order valence-electron chi connectivity index (χ4n) is 2.34. The first kappa shape index (κ1) is 18.5. The van der Waals surface area contributed by atoms with Gasteiger partial charge in [-0.25, -0.2) is 13.1 Å². The summed E-state index contributed by atoms with van der Waals surface area (Å²) in [6.07, 6.45) is 1.92. The van der Waals surface area contributed by atoms with Crippen molar-refractivity contribution < 1.29 is 17.6 Å². The molecule has 1 aromatic carbocycles. The van der Waals surface area contributed by atoms with Gasteiger partial charge in [0.1, 0.15) is 11.3 Å². The minimum Gasteiger partial charge on any atom is -0.461 e. The van der Waals surface area contributed by atoms with Gasteiger partial charge in [0, 0.05) is 18.4 Å². The molecule has 1 atom stereocenters. The van der Waals surface area contributed by atoms with Crippen molar-refractivity contribution in [1.29, 1.82) is 0 Å². The van der Waals surface area contributed by atoms with Gasteiger partial charge in [0.2, 0.25) is 15.9 Å². The van der Waals surface area contributed by atoms with Crippen molar-refractivity contribution in [1.82, 2.24) is 10.0 Å². The number of carbonyl (C=O) groups excluding carboxylic acids is 1. The zero-order chi connectivity index (χ0) is 17.6. The molecule has 0 radical (unpaired) electrons. The summed E-state index contributed by atoms with van der Waals surface area (Å²) in [7, 11) is -3.41. The summed E-state index contributed by atoms with van der Waals surface area (Å²) in [6.45, 7) is 3.85. The average molecular weight is 352 g/mol. The second-order valence-corrected chi connectivity index (χ2v) is 7.68. The van der Waals surface area contributed by atoms with Crippen molar-refractivity contribution in [2.75, 3.05) is 12.3 Å². The highest BCUT2D eigenvalue weighted by Crippen LogP contribution is 2.18. The van der Waals surface area contributed by atoms with Gasteiger partial charge >= 0.3 is 0 Å². The van der Waals surface area contributed by atoms with Crippen molar-refractivity contribution >= 4 is 26.9 Å². The smallest absolute Gasteiger partial charge is 0.237 e. The molecule has 24 heavy (non-hydrogen) atoms. The Kier molecular flexibility index (Phi) is 6.39. The predicted molar refractivity (Wildman–Crippen MR) is 94.2 cm³/mol. The number of nitrogens with one attached hydrogen (secondary N) is 2. The molecule has 0 spiro atoms. The van der Waals surface area contributed by atoms with Gasteiger partial charge in [0.25, 0.3) is 0 Å². The zero-order valence-corrected chi connectivity index (χ0v) is 14.9. The van der Waals surface area contributed by atoms with E-state index in [1.54, 1.807) is 6.92 Å². The quantitative estimate of drug-likeness (QED) is 0.724. The lowest BCUT2D eigenvalue weighted by Gasteiger charge is -2.14. The SMILES string of the molecule is CCCCS(=O)(=O)N[C@@H](C)C(=O)NCCc1cc2ccccc2o1. The molecule has 1 heterocycles. The zero-order valence-electron chi connectivity index (χ0n) is 14.0. The molecule has 1 amide bonds. The van der Waals surface area contributed by atoms with Crippen molar-refractivity contribution in [2.45, 2.75) is 39.2 Å². The lowest BCUT2D eigenvalue weighted by Crippen LogP contribution is -2.45. The maximum Gasteiger partial charge on any atom is 0.237 e. The van der Waals surface area contributed by atoms with Gasteiger partial charge in [0.05, 0.1) is 11.8 Å². The normalized spacial score (nSPS) is 13.1. The standard InChI is InChI=1S/C17H24N2O4S/c1-3-4-11-24(21,22)19-13(2)17(20)18-10-9-15-12-14-7-5-6-8-16(14)23-15/h5-8,12-13,19H,3-4,9-11H2,1-2H3,(H,18,20)/t13-/m0/s1. The molecule has 0 aliphatic heterocycles. The van der Waals surface area contributed by atoms with E-state index in [0.29, 0.717) is 19.4 Å². The van der Waals surface area contributed by atoms with Crippen LogP contribution in [0.4, 0.5) is 0 Å². The molecule has 2 aromatic rings. The van der Waals surface area contributed by atoms with Crippen LogP contribution in [-0.2, 0) is 21.2 Å². The number of hydrogen-bond acceptors (Lipinski definition) is 4. The van der Waals surface area contributed by atoms with Crippen molar-refractivity contribution in [2.24, 2.45) is 0 Å². The van der Waals surface area contributed by atoms with Crippen molar-refractivity contribution in [3.63, 3.8) is 0 Å². The Labute approximate surface area is 142 Å². The Morgan fingerprint density at radius 2 is 2.04 bits per heavy atom. The highest BCUT2D eigenvalue weighted by Gasteiger charge is 2.19. The number of sulfonamides is 1. The van der Waals surface area contributed by atoms with Crippen LogP contribution in [0.25, 0.3) is 11.0 Å². The monoisotopic (exact) mass is 352 g/mol. The van der Waals surface area contributed by atoms with Gasteiger partial charge < -0.3 is 9.73 Å². The van der Waals surface area contributed by atoms with Crippen LogP contribution in [0.2, 0.25) is 0 Å². The molecule has 6 nitrogen and oxygen atoms in total. The van der Waals surface area contributed by atoms with Gasteiger partial charge in [-0.05, 0) is 25.5 Å². The summed E-state index contributed by atoms with van der Waals surface area (Å²) >= 11 is 0. The van der Waals surface area contributed by atoms with Gasteiger partial charge in [-0.1, -0.05) is 31.5 Å². The molecule has 0 saturated carbocycles. The van der Waals surface area contributed by atoms with E-state index >= 15 is 0 Å². The number of unbranched alkanes of at least 4 members (excludes halogenated alkanes) is 1. The summed E-state index contributed by atoms with van der Waals surface area (Å²) in [5, 5.41) is 3.75. The number of furan rings is 1. The van der Waals surface area contributed by atoms with Gasteiger partial charge in [-0.15, -0.1) is 0 Å². The number of fused-ring (bicyclic) bond motifs is 1. The largest absolute Gasteiger partial charge is 0.461 e. The molecule has 0 fully saturated rings. The first-order valence-corrected chi connectivity index (χ1v) is 9.81. The molecular weight excluding hydrogens is 328 g/mol. The third-order valence-electron chi connectivity index (χ3n) is 3.66. The number of hydrogen-bond donors (Lipinski definition) is 2. The highest BCUT2D eigenvalue weighted by atomic mass is 32.2. The Hall–Kier alpha value is -1.86. The molecule has 0 bridgehead atoms. The molecule has 0 aliphatic rings. The lowest BCUT2D eigenvalue weighted by molar-refractivity contribution is -0.122. The molecule has 2 rings (SSSR count). The minimum atomic E-state index is -3.41. The van der Waals surface area contributed by atoms with Crippen molar-refractivity contribution in [3.8, 4) is 0 Å². The maximum absolute atomic E-state index is 12.0. The lowest BCUT2D eigenvalue weighted by atomic mass is 10.2. The molecule has 2 N–H and O–H groups in total. The third-order valence-corrected chi connectivity index (χ3v) is 5.20. The van der Waals surface area contributed by atoms with Crippen LogP contribution in [-0.4, -0.2) is 32.7 Å². The number of carbonyl (C=O) groups is 1. The van der Waals surface area contributed by atoms with Crippen LogP contribution in [0.3, 0.4) is 0 Å². The van der Waals surface area contributed by atoms with Gasteiger partial charge in [0.15, 0.2) is 0 Å². The Morgan fingerprint density at radius 3 is 2.75 bits per heavy atom. The number of para-hydroxylation sites is 1. The molecular formula is C17H24N2O4S. The molecule has 7 heteroatoms. The van der Waals surface area contributed by atoms with E-state index in [1.807, 2.05) is 37.3 Å². The van der Waals surface area contributed by atoms with E-state index < -0.39 is 16.1 Å². The molecule has 0 saturated heterocycles. The maximum atomic E-state index is 12.0. The van der Waals surface area contributed by atoms with Crippen LogP contribution < -0.4 is 10.0 Å². The summed E-state index contributed by atoms with van der Waals surface area (Å²) in [5.74, 6) is 0.485. The topological polar surface area (TPSA) is 88.4 Å². The summed E-state index contributed by atoms with van der Waals surface area (Å²) in [6, 6.07) is 8.86. The van der Waals surface area contributed by atoms with E-state index in [9.17, 15) is 13.2 Å². The van der Waals surface area contributed by atoms with E-state index in [0.717, 1.165) is 23.2 Å². The second-order valence-electron chi connectivity index (χ2n) is 5.80.